The molecule has 1 fully saturated rings. The van der Waals surface area contributed by atoms with Crippen molar-refractivity contribution in [1.29, 1.82) is 0 Å². The first-order chi connectivity index (χ1) is 12.4. The van der Waals surface area contributed by atoms with E-state index in [1.54, 1.807) is 0 Å². The van der Waals surface area contributed by atoms with Crippen molar-refractivity contribution in [2.75, 3.05) is 26.2 Å². The van der Waals surface area contributed by atoms with E-state index in [1.165, 1.54) is 28.6 Å². The lowest BCUT2D eigenvalue weighted by atomic mass is 10.3. The van der Waals surface area contributed by atoms with Crippen molar-refractivity contribution in [3.8, 4) is 0 Å². The minimum Gasteiger partial charge on any atom is -0.338 e. The minimum atomic E-state index is -3.68. The lowest BCUT2D eigenvalue weighted by Gasteiger charge is -2.33. The SMILES string of the molecule is Cl.NCc1nc(CN2CCN(S(=O)(=O)c3ccc([N+](=O)[O-])cc3)CC2)no1. The third kappa shape index (κ3) is 4.78. The Morgan fingerprint density at radius 1 is 1.19 bits per heavy atom. The Kier molecular flexibility index (Phi) is 6.84. The van der Waals surface area contributed by atoms with Gasteiger partial charge in [-0.3, -0.25) is 15.0 Å². The van der Waals surface area contributed by atoms with Crippen molar-refractivity contribution in [1.82, 2.24) is 19.3 Å². The molecule has 0 radical (unpaired) electrons. The Bertz CT molecular complexity index is 880. The number of non-ortho nitro benzene ring substituents is 1. The van der Waals surface area contributed by atoms with Crippen molar-refractivity contribution in [2.45, 2.75) is 18.0 Å². The van der Waals surface area contributed by atoms with E-state index in [9.17, 15) is 18.5 Å². The number of hydrogen-bond acceptors (Lipinski definition) is 9. The standard InChI is InChI=1S/C14H18N6O5S.ClH/c15-9-14-16-13(17-25-14)10-18-5-7-19(8-6-18)26(23,24)12-3-1-11(2-4-12)20(21)22;/h1-4H,5-10,15H2;1H. The molecule has 1 aromatic carbocycles. The molecule has 1 saturated heterocycles. The van der Waals surface area contributed by atoms with Gasteiger partial charge in [0.25, 0.3) is 5.69 Å². The minimum absolute atomic E-state index is 0. The molecule has 13 heteroatoms. The summed E-state index contributed by atoms with van der Waals surface area (Å²) in [6, 6.07) is 4.89. The second-order valence-corrected chi connectivity index (χ2v) is 7.68. The number of halogens is 1. The van der Waals surface area contributed by atoms with Gasteiger partial charge in [-0.25, -0.2) is 8.42 Å². The van der Waals surface area contributed by atoms with Crippen molar-refractivity contribution in [3.63, 3.8) is 0 Å². The fourth-order valence-electron chi connectivity index (χ4n) is 2.65. The predicted octanol–water partition coefficient (Wildman–Crippen LogP) is 0.365. The summed E-state index contributed by atoms with van der Waals surface area (Å²) in [5.74, 6) is 0.872. The average molecular weight is 419 g/mol. The van der Waals surface area contributed by atoms with Crippen molar-refractivity contribution < 1.29 is 17.9 Å². The molecule has 27 heavy (non-hydrogen) atoms. The van der Waals surface area contributed by atoms with Crippen LogP contribution in [0.2, 0.25) is 0 Å². The van der Waals surface area contributed by atoms with E-state index >= 15 is 0 Å². The van der Waals surface area contributed by atoms with Crippen LogP contribution in [0.3, 0.4) is 0 Å². The van der Waals surface area contributed by atoms with Crippen LogP contribution in [0.1, 0.15) is 11.7 Å². The second kappa shape index (κ2) is 8.71. The lowest BCUT2D eigenvalue weighted by Crippen LogP contribution is -2.48. The van der Waals surface area contributed by atoms with Gasteiger partial charge >= 0.3 is 0 Å². The van der Waals surface area contributed by atoms with Crippen molar-refractivity contribution in [3.05, 3.63) is 46.1 Å². The number of aromatic nitrogens is 2. The Balaban J connectivity index is 0.00000261. The van der Waals surface area contributed by atoms with Crippen LogP contribution in [0.25, 0.3) is 0 Å². The molecule has 2 aromatic rings. The number of nitrogens with zero attached hydrogens (tertiary/aromatic N) is 5. The number of rotatable bonds is 6. The average Bonchev–Trinajstić information content (AvgIpc) is 3.10. The second-order valence-electron chi connectivity index (χ2n) is 5.74. The molecule has 0 aliphatic carbocycles. The highest BCUT2D eigenvalue weighted by Crippen LogP contribution is 2.21. The number of nitrogens with two attached hydrogens (primary N) is 1. The quantitative estimate of drug-likeness (QED) is 0.518. The van der Waals surface area contributed by atoms with Crippen LogP contribution >= 0.6 is 12.4 Å². The van der Waals surface area contributed by atoms with Crippen LogP contribution < -0.4 is 5.73 Å². The highest BCUT2D eigenvalue weighted by molar-refractivity contribution is 7.89. The molecule has 0 amide bonds. The van der Waals surface area contributed by atoms with Gasteiger partial charge in [0.1, 0.15) is 0 Å². The molecule has 2 N–H and O–H groups in total. The molecule has 0 spiro atoms. The highest BCUT2D eigenvalue weighted by atomic mass is 35.5. The lowest BCUT2D eigenvalue weighted by molar-refractivity contribution is -0.384. The molecular formula is C14H19ClN6O5S. The number of benzene rings is 1. The van der Waals surface area contributed by atoms with E-state index in [-0.39, 0.29) is 29.5 Å². The zero-order valence-electron chi connectivity index (χ0n) is 14.2. The molecule has 0 unspecified atom stereocenters. The molecule has 3 rings (SSSR count). The maximum absolute atomic E-state index is 12.7. The van der Waals surface area contributed by atoms with Gasteiger partial charge in [-0.05, 0) is 12.1 Å². The van der Waals surface area contributed by atoms with Gasteiger partial charge in [0.05, 0.1) is 22.9 Å². The van der Waals surface area contributed by atoms with Crippen molar-refractivity contribution in [2.24, 2.45) is 5.73 Å². The van der Waals surface area contributed by atoms with E-state index in [4.69, 9.17) is 10.3 Å². The third-order valence-electron chi connectivity index (χ3n) is 4.07. The molecule has 0 atom stereocenters. The Hall–Kier alpha value is -2.12. The zero-order valence-corrected chi connectivity index (χ0v) is 15.9. The number of hydrogen-bond donors (Lipinski definition) is 1. The predicted molar refractivity (Wildman–Crippen MR) is 96.6 cm³/mol. The number of nitro groups is 1. The Morgan fingerprint density at radius 3 is 2.33 bits per heavy atom. The maximum atomic E-state index is 12.7. The Labute approximate surface area is 161 Å². The number of piperazine rings is 1. The summed E-state index contributed by atoms with van der Waals surface area (Å²) in [6.45, 7) is 2.27. The summed E-state index contributed by atoms with van der Waals surface area (Å²) < 4.78 is 31.6. The van der Waals surface area contributed by atoms with Crippen LogP contribution in [-0.4, -0.2) is 58.9 Å². The molecular weight excluding hydrogens is 400 g/mol. The first-order valence-electron chi connectivity index (χ1n) is 7.88. The molecule has 1 aliphatic rings. The molecule has 11 nitrogen and oxygen atoms in total. The highest BCUT2D eigenvalue weighted by Gasteiger charge is 2.29. The summed E-state index contributed by atoms with van der Waals surface area (Å²) in [7, 11) is -3.68. The molecule has 0 bridgehead atoms. The molecule has 1 aliphatic heterocycles. The summed E-state index contributed by atoms with van der Waals surface area (Å²) in [5.41, 5.74) is 5.28. The smallest absolute Gasteiger partial charge is 0.269 e. The van der Waals surface area contributed by atoms with Crippen molar-refractivity contribution >= 4 is 28.1 Å². The van der Waals surface area contributed by atoms with Crippen LogP contribution in [-0.2, 0) is 23.1 Å². The third-order valence-corrected chi connectivity index (χ3v) is 5.98. The molecule has 148 valence electrons. The van der Waals surface area contributed by atoms with Gasteiger partial charge in [-0.2, -0.15) is 9.29 Å². The summed E-state index contributed by atoms with van der Waals surface area (Å²) in [6.07, 6.45) is 0. The number of nitro benzene ring substituents is 1. The Morgan fingerprint density at radius 2 is 1.81 bits per heavy atom. The van der Waals surface area contributed by atoms with E-state index in [0.29, 0.717) is 44.4 Å². The van der Waals surface area contributed by atoms with E-state index in [0.717, 1.165) is 0 Å². The molecule has 0 saturated carbocycles. The molecule has 2 heterocycles. The van der Waals surface area contributed by atoms with E-state index in [1.807, 2.05) is 4.90 Å². The van der Waals surface area contributed by atoms with Gasteiger partial charge in [0, 0.05) is 38.3 Å². The molecule has 1 aromatic heterocycles. The van der Waals surface area contributed by atoms with Crippen LogP contribution in [0.4, 0.5) is 5.69 Å². The zero-order chi connectivity index (χ0) is 18.7. The first-order valence-corrected chi connectivity index (χ1v) is 9.32. The largest absolute Gasteiger partial charge is 0.338 e. The summed E-state index contributed by atoms with van der Waals surface area (Å²) in [4.78, 5) is 16.3. The summed E-state index contributed by atoms with van der Waals surface area (Å²) in [5, 5.41) is 14.5. The van der Waals surface area contributed by atoms with Crippen LogP contribution in [0, 0.1) is 10.1 Å². The number of sulfonamides is 1. The van der Waals surface area contributed by atoms with Gasteiger partial charge in [-0.1, -0.05) is 5.16 Å². The first kappa shape index (κ1) is 21.2. The summed E-state index contributed by atoms with van der Waals surface area (Å²) >= 11 is 0. The van der Waals surface area contributed by atoms with Gasteiger partial charge in [-0.15, -0.1) is 12.4 Å². The van der Waals surface area contributed by atoms with Gasteiger partial charge < -0.3 is 10.3 Å². The maximum Gasteiger partial charge on any atom is 0.269 e. The van der Waals surface area contributed by atoms with E-state index < -0.39 is 14.9 Å². The normalized spacial score (nSPS) is 16.0. The topological polar surface area (TPSA) is 149 Å². The van der Waals surface area contributed by atoms with Gasteiger partial charge in [0.2, 0.25) is 15.9 Å². The van der Waals surface area contributed by atoms with E-state index in [2.05, 4.69) is 10.1 Å². The van der Waals surface area contributed by atoms with Gasteiger partial charge in [0.15, 0.2) is 5.82 Å². The fraction of sp³-hybridized carbons (Fsp3) is 0.429. The fourth-order valence-corrected chi connectivity index (χ4v) is 4.08. The van der Waals surface area contributed by atoms with Crippen LogP contribution in [0.5, 0.6) is 0 Å². The monoisotopic (exact) mass is 418 g/mol. The van der Waals surface area contributed by atoms with Crippen LogP contribution in [0.15, 0.2) is 33.7 Å².